The summed E-state index contributed by atoms with van der Waals surface area (Å²) < 4.78 is 43.7. The molecule has 9 heteroatoms. The molecular formula is C17H26F3IN4O. The third-order valence-corrected chi connectivity index (χ3v) is 4.10. The van der Waals surface area contributed by atoms with Gasteiger partial charge in [0.25, 0.3) is 0 Å². The third kappa shape index (κ3) is 6.92. The van der Waals surface area contributed by atoms with E-state index in [0.29, 0.717) is 38.8 Å². The van der Waals surface area contributed by atoms with Crippen LogP contribution in [0.1, 0.15) is 30.5 Å². The molecule has 0 amide bonds. The van der Waals surface area contributed by atoms with E-state index in [1.54, 1.807) is 0 Å². The molecule has 148 valence electrons. The van der Waals surface area contributed by atoms with Gasteiger partial charge in [-0.3, -0.25) is 9.89 Å². The predicted molar refractivity (Wildman–Crippen MR) is 107 cm³/mol. The van der Waals surface area contributed by atoms with Crippen LogP contribution in [-0.4, -0.2) is 50.3 Å². The second kappa shape index (κ2) is 10.9. The monoisotopic (exact) mass is 486 g/mol. The highest BCUT2D eigenvalue weighted by Gasteiger charge is 2.31. The number of rotatable bonds is 6. The van der Waals surface area contributed by atoms with Gasteiger partial charge in [0.2, 0.25) is 0 Å². The van der Waals surface area contributed by atoms with Crippen molar-refractivity contribution in [3.8, 4) is 0 Å². The van der Waals surface area contributed by atoms with Crippen LogP contribution >= 0.6 is 24.0 Å². The smallest absolute Gasteiger partial charge is 0.379 e. The summed E-state index contributed by atoms with van der Waals surface area (Å²) in [4.78, 5) is 6.53. The Morgan fingerprint density at radius 1 is 1.27 bits per heavy atom. The average Bonchev–Trinajstić information content (AvgIpc) is 2.60. The molecule has 2 rings (SSSR count). The zero-order chi connectivity index (χ0) is 18.3. The molecule has 0 spiro atoms. The summed E-state index contributed by atoms with van der Waals surface area (Å²) in [6.07, 6.45) is -3.40. The first-order valence-corrected chi connectivity index (χ1v) is 8.44. The molecule has 0 saturated carbocycles. The molecule has 1 aliphatic rings. The number of alkyl halides is 3. The number of nitrogens with zero attached hydrogens (tertiary/aromatic N) is 2. The fraction of sp³-hybridized carbons (Fsp3) is 0.588. The number of morpholine rings is 1. The SMILES string of the molecule is CCCNC(N)=NCC(c1ccc(C(F)(F)F)cc1)N1CCOCC1.I. The van der Waals surface area contributed by atoms with Crippen LogP contribution in [0.3, 0.4) is 0 Å². The maximum Gasteiger partial charge on any atom is 0.416 e. The quantitative estimate of drug-likeness (QED) is 0.369. The van der Waals surface area contributed by atoms with E-state index < -0.39 is 11.7 Å². The van der Waals surface area contributed by atoms with Crippen molar-refractivity contribution in [1.29, 1.82) is 0 Å². The van der Waals surface area contributed by atoms with Crippen molar-refractivity contribution in [1.82, 2.24) is 10.2 Å². The first-order valence-electron chi connectivity index (χ1n) is 8.44. The summed E-state index contributed by atoms with van der Waals surface area (Å²) in [5.41, 5.74) is 5.99. The first kappa shape index (κ1) is 23.0. The molecule has 1 heterocycles. The van der Waals surface area contributed by atoms with Crippen molar-refractivity contribution >= 4 is 29.9 Å². The Labute approximate surface area is 169 Å². The summed E-state index contributed by atoms with van der Waals surface area (Å²) in [6.45, 7) is 5.77. The second-order valence-electron chi connectivity index (χ2n) is 5.94. The fourth-order valence-corrected chi connectivity index (χ4v) is 2.71. The van der Waals surface area contributed by atoms with Crippen LogP contribution in [0.5, 0.6) is 0 Å². The number of nitrogens with two attached hydrogens (primary N) is 1. The van der Waals surface area contributed by atoms with Gasteiger partial charge in [-0.15, -0.1) is 24.0 Å². The van der Waals surface area contributed by atoms with Crippen LogP contribution in [0, 0.1) is 0 Å². The van der Waals surface area contributed by atoms with Crippen LogP contribution in [0.15, 0.2) is 29.3 Å². The number of benzene rings is 1. The fourth-order valence-electron chi connectivity index (χ4n) is 2.71. The van der Waals surface area contributed by atoms with E-state index in [4.69, 9.17) is 10.5 Å². The maximum atomic E-state index is 12.8. The lowest BCUT2D eigenvalue weighted by Crippen LogP contribution is -2.41. The number of halogens is 4. The summed E-state index contributed by atoms with van der Waals surface area (Å²) in [6, 6.07) is 5.15. The second-order valence-corrected chi connectivity index (χ2v) is 5.94. The molecule has 0 aliphatic carbocycles. The molecule has 0 radical (unpaired) electrons. The van der Waals surface area contributed by atoms with Gasteiger partial charge < -0.3 is 15.8 Å². The molecule has 1 aromatic carbocycles. The number of aliphatic imine (C=N–C) groups is 1. The van der Waals surface area contributed by atoms with Gasteiger partial charge in [-0.1, -0.05) is 19.1 Å². The molecular weight excluding hydrogens is 460 g/mol. The summed E-state index contributed by atoms with van der Waals surface area (Å²) in [5, 5.41) is 3.01. The average molecular weight is 486 g/mol. The van der Waals surface area contributed by atoms with Crippen molar-refractivity contribution in [3.63, 3.8) is 0 Å². The van der Waals surface area contributed by atoms with Crippen LogP contribution in [0.4, 0.5) is 13.2 Å². The van der Waals surface area contributed by atoms with Gasteiger partial charge in [0.1, 0.15) is 0 Å². The highest BCUT2D eigenvalue weighted by atomic mass is 127. The normalized spacial score (nSPS) is 17.5. The van der Waals surface area contributed by atoms with E-state index >= 15 is 0 Å². The van der Waals surface area contributed by atoms with Gasteiger partial charge in [0, 0.05) is 19.6 Å². The van der Waals surface area contributed by atoms with Gasteiger partial charge in [0.15, 0.2) is 5.96 Å². The van der Waals surface area contributed by atoms with Crippen molar-refractivity contribution in [2.24, 2.45) is 10.7 Å². The molecule has 1 unspecified atom stereocenters. The highest BCUT2D eigenvalue weighted by molar-refractivity contribution is 14.0. The molecule has 1 fully saturated rings. The maximum absolute atomic E-state index is 12.8. The molecule has 0 aromatic heterocycles. The summed E-state index contributed by atoms with van der Waals surface area (Å²) in [5.74, 6) is 0.354. The van der Waals surface area contributed by atoms with Gasteiger partial charge in [-0.25, -0.2) is 0 Å². The highest BCUT2D eigenvalue weighted by Crippen LogP contribution is 2.31. The topological polar surface area (TPSA) is 62.9 Å². The number of hydrogen-bond acceptors (Lipinski definition) is 3. The number of guanidine groups is 1. The van der Waals surface area contributed by atoms with Crippen LogP contribution in [0.25, 0.3) is 0 Å². The molecule has 0 bridgehead atoms. The van der Waals surface area contributed by atoms with Crippen molar-refractivity contribution in [2.45, 2.75) is 25.6 Å². The zero-order valence-corrected chi connectivity index (χ0v) is 17.1. The zero-order valence-electron chi connectivity index (χ0n) is 14.8. The minimum absolute atomic E-state index is 0. The molecule has 1 atom stereocenters. The number of hydrogen-bond donors (Lipinski definition) is 2. The van der Waals surface area contributed by atoms with Gasteiger partial charge in [-0.2, -0.15) is 13.2 Å². The molecule has 26 heavy (non-hydrogen) atoms. The minimum Gasteiger partial charge on any atom is -0.379 e. The van der Waals surface area contributed by atoms with Crippen molar-refractivity contribution in [2.75, 3.05) is 39.4 Å². The Morgan fingerprint density at radius 3 is 2.42 bits per heavy atom. The minimum atomic E-state index is -4.33. The van der Waals surface area contributed by atoms with E-state index in [-0.39, 0.29) is 30.0 Å². The van der Waals surface area contributed by atoms with Gasteiger partial charge in [0.05, 0.1) is 31.4 Å². The largest absolute Gasteiger partial charge is 0.416 e. The third-order valence-electron chi connectivity index (χ3n) is 4.10. The van der Waals surface area contributed by atoms with E-state index in [0.717, 1.165) is 30.7 Å². The van der Waals surface area contributed by atoms with Crippen molar-refractivity contribution in [3.05, 3.63) is 35.4 Å². The molecule has 1 saturated heterocycles. The van der Waals surface area contributed by atoms with Crippen LogP contribution < -0.4 is 11.1 Å². The number of nitrogens with one attached hydrogen (secondary N) is 1. The molecule has 5 nitrogen and oxygen atoms in total. The Bertz CT molecular complexity index is 560. The van der Waals surface area contributed by atoms with Crippen LogP contribution in [-0.2, 0) is 10.9 Å². The molecule has 3 N–H and O–H groups in total. The van der Waals surface area contributed by atoms with Gasteiger partial charge >= 0.3 is 6.18 Å². The van der Waals surface area contributed by atoms with E-state index in [1.807, 2.05) is 6.92 Å². The Balaban J connectivity index is 0.00000338. The predicted octanol–water partition coefficient (Wildman–Crippen LogP) is 3.01. The molecule has 1 aromatic rings. The van der Waals surface area contributed by atoms with E-state index in [9.17, 15) is 13.2 Å². The Kier molecular flexibility index (Phi) is 9.66. The Morgan fingerprint density at radius 2 is 1.88 bits per heavy atom. The first-order chi connectivity index (χ1) is 11.9. The summed E-state index contributed by atoms with van der Waals surface area (Å²) in [7, 11) is 0. The lowest BCUT2D eigenvalue weighted by molar-refractivity contribution is -0.137. The Hall–Kier alpha value is -1.07. The lowest BCUT2D eigenvalue weighted by atomic mass is 10.0. The van der Waals surface area contributed by atoms with Crippen molar-refractivity contribution < 1.29 is 17.9 Å². The molecule has 1 aliphatic heterocycles. The van der Waals surface area contributed by atoms with E-state index in [1.165, 1.54) is 12.1 Å². The van der Waals surface area contributed by atoms with Gasteiger partial charge in [-0.05, 0) is 24.1 Å². The summed E-state index contributed by atoms with van der Waals surface area (Å²) >= 11 is 0. The number of ether oxygens (including phenoxy) is 1. The van der Waals surface area contributed by atoms with Crippen LogP contribution in [0.2, 0.25) is 0 Å². The van der Waals surface area contributed by atoms with E-state index in [2.05, 4.69) is 15.2 Å². The standard InChI is InChI=1S/C17H25F3N4O.HI/c1-2-7-22-16(21)23-12-15(24-8-10-25-11-9-24)13-3-5-14(6-4-13)17(18,19)20;/h3-6,15H,2,7-12H2,1H3,(H3,21,22,23);1H. The lowest BCUT2D eigenvalue weighted by Gasteiger charge is -2.34.